The monoisotopic (exact) mass is 340 g/mol. The van der Waals surface area contributed by atoms with Crippen LogP contribution in [0.25, 0.3) is 0 Å². The van der Waals surface area contributed by atoms with Crippen molar-refractivity contribution >= 4 is 23.6 Å². The van der Waals surface area contributed by atoms with Crippen molar-refractivity contribution in [1.82, 2.24) is 10.6 Å². The molecule has 0 aliphatic heterocycles. The van der Waals surface area contributed by atoms with Gasteiger partial charge in [0.1, 0.15) is 11.9 Å². The Hall–Kier alpha value is -1.56. The van der Waals surface area contributed by atoms with Crippen LogP contribution < -0.4 is 10.6 Å². The van der Waals surface area contributed by atoms with E-state index in [2.05, 4.69) is 10.6 Å². The van der Waals surface area contributed by atoms with E-state index in [0.29, 0.717) is 6.54 Å². The molecule has 0 saturated carbocycles. The molecule has 1 atom stereocenters. The van der Waals surface area contributed by atoms with Crippen molar-refractivity contribution in [2.24, 2.45) is 5.41 Å². The van der Waals surface area contributed by atoms with E-state index in [-0.39, 0.29) is 17.6 Å². The molecule has 0 bridgehead atoms. The lowest BCUT2D eigenvalue weighted by Crippen LogP contribution is -2.48. The zero-order chi connectivity index (χ0) is 17.5. The van der Waals surface area contributed by atoms with Crippen molar-refractivity contribution in [3.8, 4) is 0 Å². The van der Waals surface area contributed by atoms with Gasteiger partial charge in [-0.2, -0.15) is 0 Å². The second kappa shape index (κ2) is 8.91. The van der Waals surface area contributed by atoms with Gasteiger partial charge in [-0.25, -0.2) is 4.39 Å². The zero-order valence-electron chi connectivity index (χ0n) is 14.1. The van der Waals surface area contributed by atoms with Crippen molar-refractivity contribution in [2.75, 3.05) is 12.3 Å². The van der Waals surface area contributed by atoms with Crippen LogP contribution in [0.3, 0.4) is 0 Å². The fraction of sp³-hybridized carbons (Fsp3) is 0.529. The van der Waals surface area contributed by atoms with Crippen LogP contribution in [0.4, 0.5) is 4.39 Å². The minimum atomic E-state index is -0.550. The lowest BCUT2D eigenvalue weighted by Gasteiger charge is -2.21. The third kappa shape index (κ3) is 7.50. The van der Waals surface area contributed by atoms with E-state index in [9.17, 15) is 14.0 Å². The summed E-state index contributed by atoms with van der Waals surface area (Å²) in [6.45, 7) is 7.63. The van der Waals surface area contributed by atoms with E-state index >= 15 is 0 Å². The molecule has 0 radical (unpaired) electrons. The maximum Gasteiger partial charge on any atom is 0.242 e. The number of carbonyl (C=O) groups is 2. The normalized spacial score (nSPS) is 12.6. The van der Waals surface area contributed by atoms with Crippen molar-refractivity contribution in [1.29, 1.82) is 0 Å². The summed E-state index contributed by atoms with van der Waals surface area (Å²) in [5.41, 5.74) is -0.514. The number of halogens is 1. The first-order valence-electron chi connectivity index (χ1n) is 7.67. The molecule has 2 N–H and O–H groups in total. The van der Waals surface area contributed by atoms with Crippen LogP contribution in [-0.2, 0) is 9.59 Å². The summed E-state index contributed by atoms with van der Waals surface area (Å²) in [7, 11) is 0. The number of rotatable bonds is 7. The smallest absolute Gasteiger partial charge is 0.242 e. The predicted octanol–water partition coefficient (Wildman–Crippen LogP) is 2.97. The third-order valence-electron chi connectivity index (χ3n) is 3.12. The highest BCUT2D eigenvalue weighted by Gasteiger charge is 2.24. The van der Waals surface area contributed by atoms with Crippen LogP contribution in [0.15, 0.2) is 29.2 Å². The van der Waals surface area contributed by atoms with Crippen LogP contribution >= 0.6 is 11.8 Å². The summed E-state index contributed by atoms with van der Waals surface area (Å²) in [6, 6.07) is 5.80. The van der Waals surface area contributed by atoms with E-state index in [1.165, 1.54) is 12.1 Å². The van der Waals surface area contributed by atoms with Gasteiger partial charge in [0, 0.05) is 16.9 Å². The Balaban J connectivity index is 2.20. The van der Waals surface area contributed by atoms with Crippen molar-refractivity contribution in [2.45, 2.75) is 45.1 Å². The van der Waals surface area contributed by atoms with Gasteiger partial charge in [0.15, 0.2) is 0 Å². The average molecular weight is 340 g/mol. The van der Waals surface area contributed by atoms with Gasteiger partial charge in [-0.15, -0.1) is 11.8 Å². The van der Waals surface area contributed by atoms with Gasteiger partial charge in [-0.1, -0.05) is 20.8 Å². The summed E-state index contributed by atoms with van der Waals surface area (Å²) in [4.78, 5) is 24.7. The fourth-order valence-corrected chi connectivity index (χ4v) is 2.49. The molecule has 1 aromatic carbocycles. The number of hydrogen-bond acceptors (Lipinski definition) is 3. The number of thioether (sulfide) groups is 1. The number of benzene rings is 1. The van der Waals surface area contributed by atoms with Crippen molar-refractivity contribution in [3.05, 3.63) is 30.1 Å². The first-order valence-corrected chi connectivity index (χ1v) is 8.66. The number of amides is 2. The summed E-state index contributed by atoms with van der Waals surface area (Å²) < 4.78 is 12.8. The lowest BCUT2D eigenvalue weighted by atomic mass is 9.95. The highest BCUT2D eigenvalue weighted by Crippen LogP contribution is 2.18. The molecule has 6 heteroatoms. The summed E-state index contributed by atoms with van der Waals surface area (Å²) in [5.74, 6) is 0.253. The summed E-state index contributed by atoms with van der Waals surface area (Å²) in [6.07, 6.45) is 0.799. The molecule has 2 amide bonds. The van der Waals surface area contributed by atoms with Crippen LogP contribution in [0.2, 0.25) is 0 Å². The maximum absolute atomic E-state index is 12.8. The standard InChI is InChI=1S/C17H25FN2O2S/c1-12(20-16(22)17(2,3)4)15(21)19-10-5-11-23-14-8-6-13(18)7-9-14/h6-9,12H,5,10-11H2,1-4H3,(H,19,21)(H,20,22). The summed E-state index contributed by atoms with van der Waals surface area (Å²) in [5, 5.41) is 5.51. The number of carbonyl (C=O) groups excluding carboxylic acids is 2. The maximum atomic E-state index is 12.8. The first kappa shape index (κ1) is 19.5. The first-order chi connectivity index (χ1) is 10.7. The quantitative estimate of drug-likeness (QED) is 0.593. The molecule has 128 valence electrons. The third-order valence-corrected chi connectivity index (χ3v) is 4.22. The van der Waals surface area contributed by atoms with E-state index in [1.54, 1.807) is 51.6 Å². The van der Waals surface area contributed by atoms with Gasteiger partial charge in [0.25, 0.3) is 0 Å². The molecule has 0 aliphatic carbocycles. The van der Waals surface area contributed by atoms with E-state index < -0.39 is 11.5 Å². The second-order valence-corrected chi connectivity index (χ2v) is 7.56. The Morgan fingerprint density at radius 2 is 1.83 bits per heavy atom. The fourth-order valence-electron chi connectivity index (χ4n) is 1.64. The number of nitrogens with one attached hydrogen (secondary N) is 2. The van der Waals surface area contributed by atoms with Crippen molar-refractivity contribution < 1.29 is 14.0 Å². The molecule has 1 unspecified atom stereocenters. The minimum absolute atomic E-state index is 0.146. The SMILES string of the molecule is CC(NC(=O)C(C)(C)C)C(=O)NCCCSc1ccc(F)cc1. The van der Waals surface area contributed by atoms with Crippen LogP contribution in [0.5, 0.6) is 0 Å². The molecule has 0 saturated heterocycles. The van der Waals surface area contributed by atoms with Gasteiger partial charge >= 0.3 is 0 Å². The van der Waals surface area contributed by atoms with Gasteiger partial charge in [-0.3, -0.25) is 9.59 Å². The Bertz CT molecular complexity index is 526. The Labute approximate surface area is 141 Å². The Morgan fingerprint density at radius 1 is 1.22 bits per heavy atom. The molecule has 23 heavy (non-hydrogen) atoms. The zero-order valence-corrected chi connectivity index (χ0v) is 14.9. The molecule has 0 fully saturated rings. The predicted molar refractivity (Wildman–Crippen MR) is 91.8 cm³/mol. The van der Waals surface area contributed by atoms with E-state index in [4.69, 9.17) is 0 Å². The molecular formula is C17H25FN2O2S. The summed E-state index contributed by atoms with van der Waals surface area (Å²) >= 11 is 1.62. The molecule has 1 rings (SSSR count). The van der Waals surface area contributed by atoms with Gasteiger partial charge in [0.05, 0.1) is 0 Å². The van der Waals surface area contributed by atoms with Crippen LogP contribution in [0.1, 0.15) is 34.1 Å². The average Bonchev–Trinajstić information content (AvgIpc) is 2.47. The highest BCUT2D eigenvalue weighted by molar-refractivity contribution is 7.99. The molecule has 0 aliphatic rings. The van der Waals surface area contributed by atoms with Gasteiger partial charge in [0.2, 0.25) is 11.8 Å². The van der Waals surface area contributed by atoms with Crippen LogP contribution in [-0.4, -0.2) is 30.2 Å². The number of hydrogen-bond donors (Lipinski definition) is 2. The molecular weight excluding hydrogens is 315 g/mol. The topological polar surface area (TPSA) is 58.2 Å². The second-order valence-electron chi connectivity index (χ2n) is 6.39. The Morgan fingerprint density at radius 3 is 2.39 bits per heavy atom. The molecule has 0 spiro atoms. The molecule has 0 heterocycles. The molecule has 4 nitrogen and oxygen atoms in total. The van der Waals surface area contributed by atoms with Crippen molar-refractivity contribution in [3.63, 3.8) is 0 Å². The highest BCUT2D eigenvalue weighted by atomic mass is 32.2. The van der Waals surface area contributed by atoms with E-state index in [0.717, 1.165) is 17.1 Å². The lowest BCUT2D eigenvalue weighted by molar-refractivity contribution is -0.133. The van der Waals surface area contributed by atoms with E-state index in [1.807, 2.05) is 0 Å². The minimum Gasteiger partial charge on any atom is -0.354 e. The molecule has 1 aromatic rings. The molecule has 0 aromatic heterocycles. The van der Waals surface area contributed by atoms with Gasteiger partial charge < -0.3 is 10.6 Å². The van der Waals surface area contributed by atoms with Gasteiger partial charge in [-0.05, 0) is 43.4 Å². The largest absolute Gasteiger partial charge is 0.354 e. The Kier molecular flexibility index (Phi) is 7.55. The van der Waals surface area contributed by atoms with Crippen LogP contribution in [0, 0.1) is 11.2 Å².